The summed E-state index contributed by atoms with van der Waals surface area (Å²) in [7, 11) is 0. The third-order valence-corrected chi connectivity index (χ3v) is 5.45. The number of H-pyrrole nitrogens is 1. The molecule has 2 N–H and O–H groups in total. The zero-order valence-corrected chi connectivity index (χ0v) is 13.2. The molecule has 0 aliphatic rings. The second-order valence-electron chi connectivity index (χ2n) is 5.40. The summed E-state index contributed by atoms with van der Waals surface area (Å²) >= 11 is 0.589. The zero-order valence-electron chi connectivity index (χ0n) is 11.6. The van der Waals surface area contributed by atoms with Crippen molar-refractivity contribution in [1.29, 1.82) is 0 Å². The predicted octanol–water partition coefficient (Wildman–Crippen LogP) is 3.25. The molecule has 0 aliphatic heterocycles. The maximum atomic E-state index is 12.1. The summed E-state index contributed by atoms with van der Waals surface area (Å²) in [5, 5.41) is 2.06. The fourth-order valence-electron chi connectivity index (χ4n) is 1.52. The van der Waals surface area contributed by atoms with Crippen LogP contribution in [0.5, 0.6) is 0 Å². The van der Waals surface area contributed by atoms with Crippen molar-refractivity contribution in [3.05, 3.63) is 28.7 Å². The summed E-state index contributed by atoms with van der Waals surface area (Å²) in [5.74, 6) is 0.867. The Bertz CT molecular complexity index is 516. The van der Waals surface area contributed by atoms with E-state index in [0.29, 0.717) is 0 Å². The van der Waals surface area contributed by atoms with Crippen LogP contribution in [-0.2, 0) is 11.4 Å². The number of aromatic amines is 1. The van der Waals surface area contributed by atoms with Crippen LogP contribution in [0, 0.1) is 0 Å². The van der Waals surface area contributed by atoms with E-state index in [0.717, 1.165) is 16.3 Å². The van der Waals surface area contributed by atoms with E-state index in [9.17, 15) is 4.55 Å². The average molecular weight is 297 g/mol. The fourth-order valence-corrected chi connectivity index (χ4v) is 3.30. The van der Waals surface area contributed by atoms with Gasteiger partial charge in [-0.3, -0.25) is 0 Å². The lowest BCUT2D eigenvalue weighted by Gasteiger charge is -2.26. The zero-order chi connectivity index (χ0) is 14.0. The molecular weight excluding hydrogens is 278 g/mol. The van der Waals surface area contributed by atoms with Crippen LogP contribution in [0.2, 0.25) is 0 Å². The molecule has 1 unspecified atom stereocenters. The SMILES string of the molecule is CC(N[S@@+]([O-])C(C)(C)C)c1cc(-c2ncc[nH]2)cs1. The topological polar surface area (TPSA) is 63.8 Å². The highest BCUT2D eigenvalue weighted by atomic mass is 32.2. The van der Waals surface area contributed by atoms with Gasteiger partial charge < -0.3 is 9.54 Å². The van der Waals surface area contributed by atoms with Crippen LogP contribution in [0.15, 0.2) is 23.8 Å². The summed E-state index contributed by atoms with van der Waals surface area (Å²) in [6.45, 7) is 7.92. The monoisotopic (exact) mass is 297 g/mol. The van der Waals surface area contributed by atoms with Crippen LogP contribution in [0.25, 0.3) is 11.4 Å². The van der Waals surface area contributed by atoms with E-state index in [1.165, 1.54) is 0 Å². The molecule has 0 amide bonds. The number of imidazole rings is 1. The number of aromatic nitrogens is 2. The molecule has 2 aromatic rings. The summed E-state index contributed by atoms with van der Waals surface area (Å²) in [6, 6.07) is 2.15. The van der Waals surface area contributed by atoms with Gasteiger partial charge in [0.05, 0.1) is 6.04 Å². The smallest absolute Gasteiger partial charge is 0.138 e. The van der Waals surface area contributed by atoms with E-state index in [4.69, 9.17) is 0 Å². The van der Waals surface area contributed by atoms with E-state index >= 15 is 0 Å². The lowest BCUT2D eigenvalue weighted by Crippen LogP contribution is -2.40. The largest absolute Gasteiger partial charge is 0.598 e. The molecule has 19 heavy (non-hydrogen) atoms. The Kier molecular flexibility index (Phi) is 4.35. The van der Waals surface area contributed by atoms with Gasteiger partial charge in [-0.1, -0.05) is 0 Å². The van der Waals surface area contributed by atoms with Gasteiger partial charge in [-0.25, -0.2) is 4.98 Å². The Morgan fingerprint density at radius 2 is 2.21 bits per heavy atom. The third-order valence-electron chi connectivity index (χ3n) is 2.66. The van der Waals surface area contributed by atoms with Gasteiger partial charge in [0.2, 0.25) is 0 Å². The van der Waals surface area contributed by atoms with Crippen LogP contribution in [-0.4, -0.2) is 19.3 Å². The second kappa shape index (κ2) is 5.66. The van der Waals surface area contributed by atoms with Gasteiger partial charge in [0.15, 0.2) is 0 Å². The standard InChI is InChI=1S/C13H19N3OS2/c1-9(16-19(17)13(2,3)4)11-7-10(8-18-11)12-14-5-6-15-12/h5-9,16H,1-4H3,(H,14,15)/t9?,19-/m0/s1. The van der Waals surface area contributed by atoms with Gasteiger partial charge in [0.1, 0.15) is 10.6 Å². The summed E-state index contributed by atoms with van der Waals surface area (Å²) in [5.41, 5.74) is 1.07. The van der Waals surface area contributed by atoms with Crippen molar-refractivity contribution in [2.75, 3.05) is 0 Å². The molecule has 0 aromatic carbocycles. The van der Waals surface area contributed by atoms with Crippen LogP contribution in [0.1, 0.15) is 38.6 Å². The minimum absolute atomic E-state index is 0.0637. The first kappa shape index (κ1) is 14.6. The van der Waals surface area contributed by atoms with Gasteiger partial charge in [-0.15, -0.1) is 16.1 Å². The molecule has 6 heteroatoms. The molecule has 2 heterocycles. The molecule has 0 bridgehead atoms. The minimum atomic E-state index is -1.06. The summed E-state index contributed by atoms with van der Waals surface area (Å²) in [6.07, 6.45) is 3.55. The molecule has 0 aliphatic carbocycles. The maximum absolute atomic E-state index is 12.1. The Balaban J connectivity index is 2.06. The molecule has 2 rings (SSSR count). The first-order valence-corrected chi connectivity index (χ1v) is 8.17. The van der Waals surface area contributed by atoms with Crippen molar-refractivity contribution < 1.29 is 4.55 Å². The van der Waals surface area contributed by atoms with Crippen LogP contribution in [0.4, 0.5) is 0 Å². The molecular formula is C13H19N3OS2. The van der Waals surface area contributed by atoms with Crippen molar-refractivity contribution >= 4 is 22.7 Å². The molecule has 104 valence electrons. The Hall–Kier alpha value is -0.820. The van der Waals surface area contributed by atoms with Crippen LogP contribution in [0.3, 0.4) is 0 Å². The number of hydrogen-bond donors (Lipinski definition) is 2. The Labute approximate surface area is 121 Å². The number of thiophene rings is 1. The van der Waals surface area contributed by atoms with Gasteiger partial charge in [-0.2, -0.15) is 0 Å². The minimum Gasteiger partial charge on any atom is -0.598 e. The Morgan fingerprint density at radius 1 is 1.47 bits per heavy atom. The fraction of sp³-hybridized carbons (Fsp3) is 0.462. The normalized spacial score (nSPS) is 15.4. The van der Waals surface area contributed by atoms with E-state index < -0.39 is 11.4 Å². The van der Waals surface area contributed by atoms with Crippen molar-refractivity contribution in [1.82, 2.24) is 14.7 Å². The van der Waals surface area contributed by atoms with E-state index in [1.807, 2.05) is 33.9 Å². The molecule has 0 radical (unpaired) electrons. The lowest BCUT2D eigenvalue weighted by molar-refractivity contribution is 0.532. The molecule has 2 aromatic heterocycles. The average Bonchev–Trinajstić information content (AvgIpc) is 2.98. The molecule has 0 saturated heterocycles. The quantitative estimate of drug-likeness (QED) is 0.851. The third kappa shape index (κ3) is 3.60. The van der Waals surface area contributed by atoms with Crippen LogP contribution >= 0.6 is 11.3 Å². The van der Waals surface area contributed by atoms with Crippen molar-refractivity contribution in [2.24, 2.45) is 0 Å². The van der Waals surface area contributed by atoms with Crippen molar-refractivity contribution in [2.45, 2.75) is 38.5 Å². The highest BCUT2D eigenvalue weighted by Gasteiger charge is 2.28. The number of rotatable bonds is 4. The molecule has 0 saturated carbocycles. The van der Waals surface area contributed by atoms with Crippen molar-refractivity contribution in [3.63, 3.8) is 0 Å². The van der Waals surface area contributed by atoms with Gasteiger partial charge in [0.25, 0.3) is 0 Å². The van der Waals surface area contributed by atoms with Gasteiger partial charge in [0, 0.05) is 39.6 Å². The van der Waals surface area contributed by atoms with E-state index in [1.54, 1.807) is 17.5 Å². The highest BCUT2D eigenvalue weighted by Crippen LogP contribution is 2.28. The van der Waals surface area contributed by atoms with Crippen molar-refractivity contribution in [3.8, 4) is 11.4 Å². The molecule has 0 fully saturated rings. The molecule has 4 nitrogen and oxygen atoms in total. The first-order chi connectivity index (χ1) is 8.88. The summed E-state index contributed by atoms with van der Waals surface area (Å²) in [4.78, 5) is 8.47. The predicted molar refractivity (Wildman–Crippen MR) is 81.3 cm³/mol. The number of nitrogens with one attached hydrogen (secondary N) is 2. The Morgan fingerprint density at radius 3 is 2.79 bits per heavy atom. The number of nitrogens with zero attached hydrogens (tertiary/aromatic N) is 1. The molecule has 2 atom stereocenters. The van der Waals surface area contributed by atoms with Gasteiger partial charge >= 0.3 is 0 Å². The number of hydrogen-bond acceptors (Lipinski definition) is 4. The lowest BCUT2D eigenvalue weighted by atomic mass is 10.2. The van der Waals surface area contributed by atoms with E-state index in [-0.39, 0.29) is 10.8 Å². The molecule has 0 spiro atoms. The van der Waals surface area contributed by atoms with Crippen LogP contribution < -0.4 is 4.72 Å². The summed E-state index contributed by atoms with van der Waals surface area (Å²) < 4.78 is 15.0. The van der Waals surface area contributed by atoms with E-state index in [2.05, 4.69) is 26.1 Å². The first-order valence-electron chi connectivity index (χ1n) is 6.14. The highest BCUT2D eigenvalue weighted by molar-refractivity contribution is 7.90. The maximum Gasteiger partial charge on any atom is 0.138 e. The second-order valence-corrected chi connectivity index (χ2v) is 8.34. The van der Waals surface area contributed by atoms with Gasteiger partial charge in [-0.05, 0) is 33.8 Å².